The SMILES string of the molecule is C=CC(=O)NC1CCN(c2nn(-c3ccc(C(F)(F)F)cc3)c3ncc(OC)cc23)C1. The molecule has 3 aromatic rings. The van der Waals surface area contributed by atoms with E-state index in [0.29, 0.717) is 41.4 Å². The number of hydrogen-bond acceptors (Lipinski definition) is 5. The van der Waals surface area contributed by atoms with E-state index in [4.69, 9.17) is 4.74 Å². The summed E-state index contributed by atoms with van der Waals surface area (Å²) in [6.07, 6.45) is -0.925. The first-order chi connectivity index (χ1) is 14.8. The Bertz CT molecular complexity index is 1120. The van der Waals surface area contributed by atoms with Gasteiger partial charge < -0.3 is 15.0 Å². The Morgan fingerprint density at radius 2 is 2.06 bits per heavy atom. The van der Waals surface area contributed by atoms with Gasteiger partial charge in [0.05, 0.1) is 29.9 Å². The molecule has 0 radical (unpaired) electrons. The molecular formula is C21H20F3N5O2. The van der Waals surface area contributed by atoms with E-state index in [-0.39, 0.29) is 11.9 Å². The van der Waals surface area contributed by atoms with Crippen molar-refractivity contribution in [2.75, 3.05) is 25.1 Å². The van der Waals surface area contributed by atoms with Gasteiger partial charge in [-0.15, -0.1) is 5.10 Å². The lowest BCUT2D eigenvalue weighted by atomic mass is 10.2. The van der Waals surface area contributed by atoms with Gasteiger partial charge in [0.2, 0.25) is 5.91 Å². The number of fused-ring (bicyclic) bond motifs is 1. The summed E-state index contributed by atoms with van der Waals surface area (Å²) in [5.74, 6) is 0.920. The lowest BCUT2D eigenvalue weighted by Gasteiger charge is -2.16. The number of benzene rings is 1. The first kappa shape index (κ1) is 20.7. The third-order valence-electron chi connectivity index (χ3n) is 5.17. The van der Waals surface area contributed by atoms with Crippen molar-refractivity contribution in [2.24, 2.45) is 0 Å². The molecule has 1 unspecified atom stereocenters. The standard InChI is InChI=1S/C21H20F3N5O2/c1-3-18(30)26-14-8-9-28(12-14)20-17-10-16(31-2)11-25-19(17)29(27-20)15-6-4-13(5-7-15)21(22,23)24/h3-7,10-11,14H,1,8-9,12H2,2H3,(H,26,30). The summed E-state index contributed by atoms with van der Waals surface area (Å²) < 4.78 is 45.6. The van der Waals surface area contributed by atoms with Crippen molar-refractivity contribution >= 4 is 22.8 Å². The number of hydrogen-bond donors (Lipinski definition) is 1. The van der Waals surface area contributed by atoms with Crippen LogP contribution < -0.4 is 15.0 Å². The number of nitrogens with zero attached hydrogens (tertiary/aromatic N) is 4. The number of amides is 1. The zero-order valence-electron chi connectivity index (χ0n) is 16.7. The van der Waals surface area contributed by atoms with E-state index < -0.39 is 11.7 Å². The van der Waals surface area contributed by atoms with Gasteiger partial charge in [-0.1, -0.05) is 6.58 Å². The molecule has 4 rings (SSSR count). The molecule has 3 heterocycles. The Morgan fingerprint density at radius 3 is 2.71 bits per heavy atom. The van der Waals surface area contributed by atoms with Crippen LogP contribution in [0.1, 0.15) is 12.0 Å². The fourth-order valence-corrected chi connectivity index (χ4v) is 3.62. The lowest BCUT2D eigenvalue weighted by Crippen LogP contribution is -2.36. The van der Waals surface area contributed by atoms with E-state index in [2.05, 4.69) is 22.0 Å². The Hall–Kier alpha value is -3.56. The molecule has 1 atom stereocenters. The molecule has 31 heavy (non-hydrogen) atoms. The Labute approximate surface area is 176 Å². The number of carbonyl (C=O) groups is 1. The van der Waals surface area contributed by atoms with Crippen molar-refractivity contribution < 1.29 is 22.7 Å². The molecule has 1 aromatic carbocycles. The summed E-state index contributed by atoms with van der Waals surface area (Å²) in [4.78, 5) is 18.0. The maximum Gasteiger partial charge on any atom is 0.416 e. The van der Waals surface area contributed by atoms with Crippen LogP contribution in [-0.4, -0.2) is 46.9 Å². The molecule has 2 aromatic heterocycles. The van der Waals surface area contributed by atoms with Crippen LogP contribution in [0.2, 0.25) is 0 Å². The predicted octanol–water partition coefficient (Wildman–Crippen LogP) is 3.33. The highest BCUT2D eigenvalue weighted by Crippen LogP contribution is 2.33. The number of ether oxygens (including phenoxy) is 1. The van der Waals surface area contributed by atoms with Crippen LogP contribution in [0, 0.1) is 0 Å². The summed E-state index contributed by atoms with van der Waals surface area (Å²) in [7, 11) is 1.53. The summed E-state index contributed by atoms with van der Waals surface area (Å²) in [5.41, 5.74) is 0.217. The fraction of sp³-hybridized carbons (Fsp3) is 0.286. The van der Waals surface area contributed by atoms with Crippen molar-refractivity contribution in [3.05, 3.63) is 54.7 Å². The number of pyridine rings is 1. The maximum absolute atomic E-state index is 12.9. The molecule has 1 aliphatic rings. The van der Waals surface area contributed by atoms with Gasteiger partial charge in [0, 0.05) is 19.1 Å². The van der Waals surface area contributed by atoms with Gasteiger partial charge in [-0.25, -0.2) is 9.67 Å². The van der Waals surface area contributed by atoms with E-state index >= 15 is 0 Å². The molecule has 0 saturated carbocycles. The summed E-state index contributed by atoms with van der Waals surface area (Å²) in [6, 6.07) is 6.49. The number of alkyl halides is 3. The van der Waals surface area contributed by atoms with Crippen molar-refractivity contribution in [1.82, 2.24) is 20.1 Å². The van der Waals surface area contributed by atoms with Crippen LogP contribution in [0.3, 0.4) is 0 Å². The number of halogens is 3. The summed E-state index contributed by atoms with van der Waals surface area (Å²) >= 11 is 0. The molecule has 1 N–H and O–H groups in total. The topological polar surface area (TPSA) is 72.3 Å². The number of nitrogens with one attached hydrogen (secondary N) is 1. The van der Waals surface area contributed by atoms with Crippen LogP contribution >= 0.6 is 0 Å². The number of aromatic nitrogens is 3. The maximum atomic E-state index is 12.9. The summed E-state index contributed by atoms with van der Waals surface area (Å²) in [6.45, 7) is 4.65. The highest BCUT2D eigenvalue weighted by atomic mass is 19.4. The highest BCUT2D eigenvalue weighted by molar-refractivity contribution is 5.90. The second kappa shape index (κ2) is 7.93. The van der Waals surface area contributed by atoms with Crippen LogP contribution in [0.15, 0.2) is 49.2 Å². The average Bonchev–Trinajstić information content (AvgIpc) is 3.37. The third kappa shape index (κ3) is 4.05. The molecule has 0 bridgehead atoms. The number of rotatable bonds is 5. The van der Waals surface area contributed by atoms with Gasteiger partial charge in [0.25, 0.3) is 0 Å². The molecule has 1 fully saturated rings. The predicted molar refractivity (Wildman–Crippen MR) is 109 cm³/mol. The van der Waals surface area contributed by atoms with Crippen LogP contribution in [-0.2, 0) is 11.0 Å². The zero-order valence-corrected chi connectivity index (χ0v) is 16.7. The quantitative estimate of drug-likeness (QED) is 0.628. The van der Waals surface area contributed by atoms with E-state index in [1.165, 1.54) is 36.2 Å². The smallest absolute Gasteiger partial charge is 0.416 e. The van der Waals surface area contributed by atoms with Crippen molar-refractivity contribution in [2.45, 2.75) is 18.6 Å². The Morgan fingerprint density at radius 1 is 1.32 bits per heavy atom. The van der Waals surface area contributed by atoms with Gasteiger partial charge in [-0.05, 0) is 42.8 Å². The first-order valence-corrected chi connectivity index (χ1v) is 9.58. The molecular weight excluding hydrogens is 411 g/mol. The van der Waals surface area contributed by atoms with Crippen molar-refractivity contribution in [3.8, 4) is 11.4 Å². The minimum Gasteiger partial charge on any atom is -0.495 e. The average molecular weight is 431 g/mol. The Kier molecular flexibility index (Phi) is 5.30. The first-order valence-electron chi connectivity index (χ1n) is 9.58. The molecule has 0 aliphatic carbocycles. The monoisotopic (exact) mass is 431 g/mol. The van der Waals surface area contributed by atoms with Gasteiger partial charge in [0.1, 0.15) is 5.75 Å². The lowest BCUT2D eigenvalue weighted by molar-refractivity contribution is -0.137. The van der Waals surface area contributed by atoms with E-state index in [1.54, 1.807) is 6.07 Å². The minimum absolute atomic E-state index is 0.0599. The summed E-state index contributed by atoms with van der Waals surface area (Å²) in [5, 5.41) is 8.23. The largest absolute Gasteiger partial charge is 0.495 e. The number of methoxy groups -OCH3 is 1. The minimum atomic E-state index is -4.41. The molecule has 0 spiro atoms. The second-order valence-electron chi connectivity index (χ2n) is 7.17. The highest BCUT2D eigenvalue weighted by Gasteiger charge is 2.31. The van der Waals surface area contributed by atoms with Crippen LogP contribution in [0.25, 0.3) is 16.7 Å². The van der Waals surface area contributed by atoms with E-state index in [1.807, 2.05) is 4.90 Å². The zero-order chi connectivity index (χ0) is 22.2. The third-order valence-corrected chi connectivity index (χ3v) is 5.17. The normalized spacial score (nSPS) is 16.5. The van der Waals surface area contributed by atoms with Gasteiger partial charge in [-0.2, -0.15) is 13.2 Å². The molecule has 7 nitrogen and oxygen atoms in total. The molecule has 1 saturated heterocycles. The van der Waals surface area contributed by atoms with Crippen molar-refractivity contribution in [1.29, 1.82) is 0 Å². The Balaban J connectivity index is 1.73. The van der Waals surface area contributed by atoms with Crippen molar-refractivity contribution in [3.63, 3.8) is 0 Å². The van der Waals surface area contributed by atoms with Crippen LogP contribution in [0.4, 0.5) is 19.0 Å². The molecule has 1 aliphatic heterocycles. The van der Waals surface area contributed by atoms with E-state index in [9.17, 15) is 18.0 Å². The number of anilines is 1. The number of carbonyl (C=O) groups excluding carboxylic acids is 1. The fourth-order valence-electron chi connectivity index (χ4n) is 3.62. The van der Waals surface area contributed by atoms with Gasteiger partial charge in [0.15, 0.2) is 11.5 Å². The molecule has 162 valence electrons. The molecule has 1 amide bonds. The van der Waals surface area contributed by atoms with Gasteiger partial charge in [-0.3, -0.25) is 4.79 Å². The molecule has 10 heteroatoms. The van der Waals surface area contributed by atoms with E-state index in [0.717, 1.165) is 18.6 Å². The van der Waals surface area contributed by atoms with Crippen LogP contribution in [0.5, 0.6) is 5.75 Å². The van der Waals surface area contributed by atoms with Gasteiger partial charge >= 0.3 is 6.18 Å². The second-order valence-corrected chi connectivity index (χ2v) is 7.17.